The Morgan fingerprint density at radius 1 is 1.67 bits per heavy atom. The summed E-state index contributed by atoms with van der Waals surface area (Å²) in [5.74, 6) is 0.275. The largest absolute Gasteiger partial charge is 0.396 e. The van der Waals surface area contributed by atoms with Gasteiger partial charge in [-0.05, 0) is 12.8 Å². The van der Waals surface area contributed by atoms with Crippen molar-refractivity contribution in [2.75, 3.05) is 6.61 Å². The topological polar surface area (TPSA) is 46.2 Å². The summed E-state index contributed by atoms with van der Waals surface area (Å²) in [7, 11) is 0. The fourth-order valence-corrected chi connectivity index (χ4v) is 1.31. The van der Waals surface area contributed by atoms with E-state index in [4.69, 9.17) is 10.8 Å². The Hall–Kier alpha value is -0.340. The molecule has 0 heterocycles. The van der Waals surface area contributed by atoms with Crippen LogP contribution < -0.4 is 5.73 Å². The molecule has 1 saturated carbocycles. The summed E-state index contributed by atoms with van der Waals surface area (Å²) < 4.78 is 0. The van der Waals surface area contributed by atoms with E-state index < -0.39 is 0 Å². The smallest absolute Gasteiger partial charge is 0.0477 e. The molecule has 1 rings (SSSR count). The summed E-state index contributed by atoms with van der Waals surface area (Å²) in [5.41, 5.74) is 6.84. The molecule has 1 fully saturated rings. The third kappa shape index (κ3) is 1.32. The summed E-state index contributed by atoms with van der Waals surface area (Å²) in [5, 5.41) is 8.73. The van der Waals surface area contributed by atoms with Gasteiger partial charge in [0.15, 0.2) is 0 Å². The lowest BCUT2D eigenvalue weighted by atomic mass is 10.1. The lowest BCUT2D eigenvalue weighted by Crippen LogP contribution is -2.26. The molecule has 0 aromatic carbocycles. The van der Waals surface area contributed by atoms with Crippen LogP contribution in [-0.2, 0) is 0 Å². The Balaban J connectivity index is 2.47. The van der Waals surface area contributed by atoms with Gasteiger partial charge in [0.05, 0.1) is 0 Å². The highest BCUT2D eigenvalue weighted by Gasteiger charge is 2.25. The molecule has 0 aromatic rings. The van der Waals surface area contributed by atoms with Crippen LogP contribution in [0.1, 0.15) is 12.8 Å². The number of aliphatic hydroxyl groups is 1. The van der Waals surface area contributed by atoms with E-state index in [2.05, 4.69) is 6.58 Å². The van der Waals surface area contributed by atoms with Crippen molar-refractivity contribution in [2.24, 2.45) is 11.7 Å². The fourth-order valence-electron chi connectivity index (χ4n) is 1.31. The first-order valence-electron chi connectivity index (χ1n) is 3.27. The van der Waals surface area contributed by atoms with Gasteiger partial charge >= 0.3 is 0 Å². The quantitative estimate of drug-likeness (QED) is 0.497. The molecule has 0 aliphatic heterocycles. The minimum Gasteiger partial charge on any atom is -0.396 e. The molecular weight excluding hydrogens is 114 g/mol. The van der Waals surface area contributed by atoms with Crippen LogP contribution in [0, 0.1) is 5.92 Å². The average Bonchev–Trinajstić information content (AvgIpc) is 2.10. The highest BCUT2D eigenvalue weighted by atomic mass is 16.3. The van der Waals surface area contributed by atoms with Crippen LogP contribution in [0.2, 0.25) is 0 Å². The Labute approximate surface area is 55.4 Å². The van der Waals surface area contributed by atoms with Crippen LogP contribution in [0.4, 0.5) is 0 Å². The predicted octanol–water partition coefficient (Wildman–Crippen LogP) is 0.272. The van der Waals surface area contributed by atoms with Gasteiger partial charge in [0.2, 0.25) is 0 Å². The molecule has 0 amide bonds. The van der Waals surface area contributed by atoms with E-state index in [-0.39, 0.29) is 18.6 Å². The van der Waals surface area contributed by atoms with E-state index in [0.29, 0.717) is 0 Å². The molecule has 1 aliphatic carbocycles. The summed E-state index contributed by atoms with van der Waals surface area (Å²) >= 11 is 0. The fraction of sp³-hybridized carbons (Fsp3) is 0.714. The maximum absolute atomic E-state index is 8.73. The Morgan fingerprint density at radius 3 is 2.56 bits per heavy atom. The number of rotatable bonds is 1. The van der Waals surface area contributed by atoms with Crippen LogP contribution in [-0.4, -0.2) is 17.8 Å². The van der Waals surface area contributed by atoms with Crippen molar-refractivity contribution in [3.8, 4) is 0 Å². The highest BCUT2D eigenvalue weighted by Crippen LogP contribution is 2.27. The first-order valence-corrected chi connectivity index (χ1v) is 3.27. The molecule has 2 atom stereocenters. The normalized spacial score (nSPS) is 35.6. The summed E-state index contributed by atoms with van der Waals surface area (Å²) in [6.45, 7) is 4.02. The first kappa shape index (κ1) is 6.78. The van der Waals surface area contributed by atoms with Gasteiger partial charge in [0.25, 0.3) is 0 Å². The predicted molar refractivity (Wildman–Crippen MR) is 36.9 cm³/mol. The number of nitrogens with two attached hydrogens (primary N) is 1. The molecule has 2 heteroatoms. The maximum atomic E-state index is 8.73. The van der Waals surface area contributed by atoms with Crippen LogP contribution >= 0.6 is 0 Å². The van der Waals surface area contributed by atoms with Crippen LogP contribution in [0.3, 0.4) is 0 Å². The van der Waals surface area contributed by atoms with E-state index in [9.17, 15) is 0 Å². The van der Waals surface area contributed by atoms with Gasteiger partial charge in [-0.2, -0.15) is 0 Å². The zero-order valence-corrected chi connectivity index (χ0v) is 5.51. The minimum absolute atomic E-state index is 0.155. The molecule has 2 nitrogen and oxygen atoms in total. The summed E-state index contributed by atoms with van der Waals surface area (Å²) in [6, 6.07) is 0.155. The highest BCUT2D eigenvalue weighted by molar-refractivity contribution is 5.07. The van der Waals surface area contributed by atoms with Gasteiger partial charge in [0, 0.05) is 18.6 Å². The molecule has 0 aromatic heterocycles. The molecule has 1 unspecified atom stereocenters. The van der Waals surface area contributed by atoms with Crippen LogP contribution in [0.15, 0.2) is 12.2 Å². The van der Waals surface area contributed by atoms with Gasteiger partial charge in [-0.15, -0.1) is 0 Å². The second kappa shape index (κ2) is 2.50. The monoisotopic (exact) mass is 127 g/mol. The van der Waals surface area contributed by atoms with Gasteiger partial charge in [0.1, 0.15) is 0 Å². The van der Waals surface area contributed by atoms with Crippen molar-refractivity contribution >= 4 is 0 Å². The minimum atomic E-state index is 0.155. The van der Waals surface area contributed by atoms with Crippen LogP contribution in [0.5, 0.6) is 0 Å². The Morgan fingerprint density at radius 2 is 2.33 bits per heavy atom. The van der Waals surface area contributed by atoms with E-state index in [0.717, 1.165) is 12.8 Å². The SMILES string of the molecule is C=C1CC(N)[C@H](CO)C1. The van der Waals surface area contributed by atoms with Crippen LogP contribution in [0.25, 0.3) is 0 Å². The van der Waals surface area contributed by atoms with E-state index in [1.54, 1.807) is 0 Å². The van der Waals surface area contributed by atoms with Crippen molar-refractivity contribution in [1.82, 2.24) is 0 Å². The second-order valence-corrected chi connectivity index (χ2v) is 2.76. The molecule has 0 spiro atoms. The summed E-state index contributed by atoms with van der Waals surface area (Å²) in [6.07, 6.45) is 1.81. The maximum Gasteiger partial charge on any atom is 0.0477 e. The lowest BCUT2D eigenvalue weighted by molar-refractivity contribution is 0.219. The van der Waals surface area contributed by atoms with Gasteiger partial charge in [-0.3, -0.25) is 0 Å². The standard InChI is InChI=1S/C7H13NO/c1-5-2-6(4-9)7(8)3-5/h6-7,9H,1-4,8H2/t6-,7?/m0/s1. The molecular formula is C7H13NO. The van der Waals surface area contributed by atoms with Crippen molar-refractivity contribution in [3.63, 3.8) is 0 Å². The number of aliphatic hydroxyl groups excluding tert-OH is 1. The number of hydrogen-bond donors (Lipinski definition) is 2. The third-order valence-corrected chi connectivity index (χ3v) is 1.92. The van der Waals surface area contributed by atoms with Gasteiger partial charge in [-0.25, -0.2) is 0 Å². The third-order valence-electron chi connectivity index (χ3n) is 1.92. The Bertz CT molecular complexity index is 122. The summed E-state index contributed by atoms with van der Waals surface area (Å²) in [4.78, 5) is 0. The van der Waals surface area contributed by atoms with Crippen molar-refractivity contribution in [3.05, 3.63) is 12.2 Å². The van der Waals surface area contributed by atoms with E-state index in [1.165, 1.54) is 5.57 Å². The molecule has 3 N–H and O–H groups in total. The number of hydrogen-bond acceptors (Lipinski definition) is 2. The van der Waals surface area contributed by atoms with Crippen molar-refractivity contribution in [2.45, 2.75) is 18.9 Å². The van der Waals surface area contributed by atoms with Gasteiger partial charge in [-0.1, -0.05) is 12.2 Å². The van der Waals surface area contributed by atoms with E-state index in [1.807, 2.05) is 0 Å². The van der Waals surface area contributed by atoms with Crippen molar-refractivity contribution in [1.29, 1.82) is 0 Å². The average molecular weight is 127 g/mol. The molecule has 52 valence electrons. The second-order valence-electron chi connectivity index (χ2n) is 2.76. The zero-order valence-electron chi connectivity index (χ0n) is 5.51. The van der Waals surface area contributed by atoms with Gasteiger partial charge < -0.3 is 10.8 Å². The molecule has 0 saturated heterocycles. The van der Waals surface area contributed by atoms with E-state index >= 15 is 0 Å². The molecule has 0 radical (unpaired) electrons. The van der Waals surface area contributed by atoms with Crippen molar-refractivity contribution < 1.29 is 5.11 Å². The molecule has 9 heavy (non-hydrogen) atoms. The first-order chi connectivity index (χ1) is 4.24. The molecule has 1 aliphatic rings. The Kier molecular flexibility index (Phi) is 1.88. The molecule has 0 bridgehead atoms. The lowest BCUT2D eigenvalue weighted by Gasteiger charge is -2.09. The zero-order chi connectivity index (χ0) is 6.85.